The summed E-state index contributed by atoms with van der Waals surface area (Å²) in [5, 5.41) is 0. The maximum atomic E-state index is 5.55. The lowest BCUT2D eigenvalue weighted by molar-refractivity contribution is 0.810. The Morgan fingerprint density at radius 2 is 1.80 bits per heavy atom. The summed E-state index contributed by atoms with van der Waals surface area (Å²) >= 11 is 0. The van der Waals surface area contributed by atoms with E-state index in [9.17, 15) is 0 Å². The minimum atomic E-state index is 0.770. The summed E-state index contributed by atoms with van der Waals surface area (Å²) in [5.41, 5.74) is 8.35. The normalized spacial score (nSPS) is 10.3. The first kappa shape index (κ1) is 12.1. The fourth-order valence-electron chi connectivity index (χ4n) is 1.89. The van der Waals surface area contributed by atoms with Crippen molar-refractivity contribution in [2.45, 2.75) is 26.7 Å². The third kappa shape index (κ3) is 3.24. The van der Waals surface area contributed by atoms with Gasteiger partial charge in [-0.1, -0.05) is 18.2 Å². The highest BCUT2D eigenvalue weighted by Crippen LogP contribution is 2.21. The third-order valence-corrected chi connectivity index (χ3v) is 2.75. The minimum absolute atomic E-state index is 0.770. The molecule has 0 radical (unpaired) electrons. The van der Waals surface area contributed by atoms with Crippen molar-refractivity contribution in [3.63, 3.8) is 0 Å². The molecule has 0 spiro atoms. The second-order valence-electron chi connectivity index (χ2n) is 3.69. The van der Waals surface area contributed by atoms with Gasteiger partial charge in [0.15, 0.2) is 0 Å². The second kappa shape index (κ2) is 6.46. The molecule has 0 heterocycles. The van der Waals surface area contributed by atoms with Gasteiger partial charge in [-0.25, -0.2) is 0 Å². The maximum Gasteiger partial charge on any atom is 0.0398 e. The maximum absolute atomic E-state index is 5.55. The molecule has 2 nitrogen and oxygen atoms in total. The summed E-state index contributed by atoms with van der Waals surface area (Å²) in [5.74, 6) is 0. The molecule has 1 rings (SSSR count). The van der Waals surface area contributed by atoms with Crippen molar-refractivity contribution in [3.8, 4) is 0 Å². The summed E-state index contributed by atoms with van der Waals surface area (Å²) in [7, 11) is 0. The molecule has 2 heteroatoms. The lowest BCUT2D eigenvalue weighted by atomic mass is 10.1. The van der Waals surface area contributed by atoms with Crippen molar-refractivity contribution in [1.29, 1.82) is 0 Å². The van der Waals surface area contributed by atoms with Crippen LogP contribution in [-0.2, 0) is 6.42 Å². The van der Waals surface area contributed by atoms with Gasteiger partial charge in [0.05, 0.1) is 0 Å². The summed E-state index contributed by atoms with van der Waals surface area (Å²) in [6, 6.07) is 8.64. The van der Waals surface area contributed by atoms with E-state index in [1.54, 1.807) is 0 Å². The molecule has 0 saturated heterocycles. The third-order valence-electron chi connectivity index (χ3n) is 2.75. The largest absolute Gasteiger partial charge is 0.372 e. The average molecular weight is 206 g/mol. The van der Waals surface area contributed by atoms with Gasteiger partial charge < -0.3 is 10.6 Å². The number of nitrogens with two attached hydrogens (primary N) is 1. The number of para-hydroxylation sites is 1. The van der Waals surface area contributed by atoms with Gasteiger partial charge in [-0.2, -0.15) is 0 Å². The quantitative estimate of drug-likeness (QED) is 0.774. The van der Waals surface area contributed by atoms with E-state index >= 15 is 0 Å². The molecule has 15 heavy (non-hydrogen) atoms. The van der Waals surface area contributed by atoms with E-state index in [0.29, 0.717) is 0 Å². The highest BCUT2D eigenvalue weighted by molar-refractivity contribution is 5.53. The van der Waals surface area contributed by atoms with Crippen LogP contribution in [0.15, 0.2) is 24.3 Å². The Bertz CT molecular complexity index is 280. The SMILES string of the molecule is CCN(CC)c1ccccc1CCCN. The van der Waals surface area contributed by atoms with Crippen molar-refractivity contribution in [2.75, 3.05) is 24.5 Å². The Morgan fingerprint density at radius 1 is 1.13 bits per heavy atom. The molecule has 0 unspecified atom stereocenters. The molecule has 1 aromatic carbocycles. The predicted molar refractivity (Wildman–Crippen MR) is 67.4 cm³/mol. The fourth-order valence-corrected chi connectivity index (χ4v) is 1.89. The van der Waals surface area contributed by atoms with Gasteiger partial charge >= 0.3 is 0 Å². The molecule has 2 N–H and O–H groups in total. The number of anilines is 1. The highest BCUT2D eigenvalue weighted by atomic mass is 15.1. The van der Waals surface area contributed by atoms with Gasteiger partial charge in [0, 0.05) is 18.8 Å². The van der Waals surface area contributed by atoms with Crippen LogP contribution < -0.4 is 10.6 Å². The van der Waals surface area contributed by atoms with E-state index in [2.05, 4.69) is 43.0 Å². The van der Waals surface area contributed by atoms with E-state index in [4.69, 9.17) is 5.73 Å². The van der Waals surface area contributed by atoms with Crippen molar-refractivity contribution >= 4 is 5.69 Å². The van der Waals surface area contributed by atoms with Crippen LogP contribution in [0, 0.1) is 0 Å². The van der Waals surface area contributed by atoms with E-state index in [1.165, 1.54) is 11.3 Å². The van der Waals surface area contributed by atoms with Crippen LogP contribution in [0.1, 0.15) is 25.8 Å². The van der Waals surface area contributed by atoms with Gasteiger partial charge in [-0.15, -0.1) is 0 Å². The number of rotatable bonds is 6. The van der Waals surface area contributed by atoms with Gasteiger partial charge in [0.1, 0.15) is 0 Å². The molecule has 84 valence electrons. The van der Waals surface area contributed by atoms with Crippen molar-refractivity contribution in [3.05, 3.63) is 29.8 Å². The molecule has 1 aromatic rings. The first-order chi connectivity index (χ1) is 7.33. The van der Waals surface area contributed by atoms with Gasteiger partial charge in [0.2, 0.25) is 0 Å². The van der Waals surface area contributed by atoms with E-state index in [1.807, 2.05) is 0 Å². The standard InChI is InChI=1S/C13H22N2/c1-3-15(4-2)13-10-6-5-8-12(13)9-7-11-14/h5-6,8,10H,3-4,7,9,11,14H2,1-2H3. The number of nitrogens with zero attached hydrogens (tertiary/aromatic N) is 1. The van der Waals surface area contributed by atoms with Crippen molar-refractivity contribution < 1.29 is 0 Å². The number of hydrogen-bond donors (Lipinski definition) is 1. The highest BCUT2D eigenvalue weighted by Gasteiger charge is 2.06. The lowest BCUT2D eigenvalue weighted by Gasteiger charge is -2.24. The molecule has 0 aliphatic rings. The van der Waals surface area contributed by atoms with Crippen LogP contribution >= 0.6 is 0 Å². The number of aryl methyl sites for hydroxylation is 1. The van der Waals surface area contributed by atoms with E-state index in [0.717, 1.165) is 32.5 Å². The molecule has 0 aliphatic heterocycles. The molecule has 0 saturated carbocycles. The Kier molecular flexibility index (Phi) is 5.19. The van der Waals surface area contributed by atoms with Crippen LogP contribution in [0.4, 0.5) is 5.69 Å². The zero-order valence-corrected chi connectivity index (χ0v) is 9.87. The monoisotopic (exact) mass is 206 g/mol. The summed E-state index contributed by atoms with van der Waals surface area (Å²) in [4.78, 5) is 2.39. The van der Waals surface area contributed by atoms with E-state index < -0.39 is 0 Å². The number of hydrogen-bond acceptors (Lipinski definition) is 2. The van der Waals surface area contributed by atoms with Crippen molar-refractivity contribution in [2.24, 2.45) is 5.73 Å². The Morgan fingerprint density at radius 3 is 2.40 bits per heavy atom. The lowest BCUT2D eigenvalue weighted by Crippen LogP contribution is -2.23. The van der Waals surface area contributed by atoms with Crippen LogP contribution in [0.5, 0.6) is 0 Å². The Hall–Kier alpha value is -1.02. The van der Waals surface area contributed by atoms with Gasteiger partial charge in [-0.05, 0) is 44.9 Å². The van der Waals surface area contributed by atoms with Crippen molar-refractivity contribution in [1.82, 2.24) is 0 Å². The molecular weight excluding hydrogens is 184 g/mol. The minimum Gasteiger partial charge on any atom is -0.372 e. The van der Waals surface area contributed by atoms with Gasteiger partial charge in [-0.3, -0.25) is 0 Å². The molecule has 0 atom stereocenters. The van der Waals surface area contributed by atoms with Gasteiger partial charge in [0.25, 0.3) is 0 Å². The summed E-state index contributed by atoms with van der Waals surface area (Å²) < 4.78 is 0. The first-order valence-corrected chi connectivity index (χ1v) is 5.86. The second-order valence-corrected chi connectivity index (χ2v) is 3.69. The molecule has 0 bridgehead atoms. The Balaban J connectivity index is 2.84. The van der Waals surface area contributed by atoms with Crippen LogP contribution in [0.2, 0.25) is 0 Å². The smallest absolute Gasteiger partial charge is 0.0398 e. The first-order valence-electron chi connectivity index (χ1n) is 5.86. The summed E-state index contributed by atoms with van der Waals surface area (Å²) in [6.07, 6.45) is 2.15. The molecule has 0 amide bonds. The van der Waals surface area contributed by atoms with Crippen LogP contribution in [0.25, 0.3) is 0 Å². The Labute approximate surface area is 93.1 Å². The van der Waals surface area contributed by atoms with Crippen LogP contribution in [0.3, 0.4) is 0 Å². The molecule has 0 aromatic heterocycles. The number of benzene rings is 1. The zero-order valence-electron chi connectivity index (χ0n) is 9.87. The predicted octanol–water partition coefficient (Wildman–Crippen LogP) is 2.42. The fraction of sp³-hybridized carbons (Fsp3) is 0.538. The molecular formula is C13H22N2. The zero-order chi connectivity index (χ0) is 11.1. The molecule has 0 aliphatic carbocycles. The van der Waals surface area contributed by atoms with E-state index in [-0.39, 0.29) is 0 Å². The van der Waals surface area contributed by atoms with Crippen LogP contribution in [-0.4, -0.2) is 19.6 Å². The average Bonchev–Trinajstić information content (AvgIpc) is 2.29. The topological polar surface area (TPSA) is 29.3 Å². The summed E-state index contributed by atoms with van der Waals surface area (Å²) in [6.45, 7) is 7.30. The molecule has 0 fully saturated rings.